The number of hydrogen-bond donors (Lipinski definition) is 1. The number of halogens is 2. The zero-order chi connectivity index (χ0) is 19.1. The largest absolute Gasteiger partial charge is 0.497 e. The van der Waals surface area contributed by atoms with Crippen LogP contribution in [0.15, 0.2) is 36.4 Å². The summed E-state index contributed by atoms with van der Waals surface area (Å²) in [6.07, 6.45) is -0.0717. The number of methoxy groups -OCH3 is 2. The minimum atomic E-state index is -0.603. The minimum absolute atomic E-state index is 0.0487. The third-order valence-electron chi connectivity index (χ3n) is 3.40. The van der Waals surface area contributed by atoms with Gasteiger partial charge in [-0.05, 0) is 24.3 Å². The van der Waals surface area contributed by atoms with Crippen molar-refractivity contribution in [1.82, 2.24) is 0 Å². The number of nitrogens with one attached hydrogen (secondary N) is 1. The second-order valence-corrected chi connectivity index (χ2v) is 5.59. The van der Waals surface area contributed by atoms with Gasteiger partial charge in [0.25, 0.3) is 5.91 Å². The van der Waals surface area contributed by atoms with Crippen LogP contribution in [0.25, 0.3) is 0 Å². The van der Waals surface area contributed by atoms with Crippen molar-refractivity contribution in [3.8, 4) is 11.5 Å². The molecular formula is C18H17ClFNO5. The SMILES string of the molecule is COc1ccc(CC(=O)OCC(=O)Nc2ccc(F)cc2Cl)c(OC)c1. The molecule has 0 aliphatic carbocycles. The lowest BCUT2D eigenvalue weighted by Gasteiger charge is -2.11. The van der Waals surface area contributed by atoms with Crippen molar-refractivity contribution in [1.29, 1.82) is 0 Å². The average molecular weight is 382 g/mol. The normalized spacial score (nSPS) is 10.2. The van der Waals surface area contributed by atoms with Gasteiger partial charge in [0.2, 0.25) is 0 Å². The molecular weight excluding hydrogens is 365 g/mol. The van der Waals surface area contributed by atoms with Crippen LogP contribution in [0.4, 0.5) is 10.1 Å². The lowest BCUT2D eigenvalue weighted by atomic mass is 10.1. The van der Waals surface area contributed by atoms with Crippen molar-refractivity contribution < 1.29 is 28.2 Å². The van der Waals surface area contributed by atoms with E-state index in [9.17, 15) is 14.0 Å². The molecule has 1 N–H and O–H groups in total. The van der Waals surface area contributed by atoms with E-state index in [0.717, 1.165) is 12.1 Å². The van der Waals surface area contributed by atoms with Gasteiger partial charge in [-0.1, -0.05) is 17.7 Å². The van der Waals surface area contributed by atoms with Crippen molar-refractivity contribution in [2.45, 2.75) is 6.42 Å². The summed E-state index contributed by atoms with van der Waals surface area (Å²) < 4.78 is 28.2. The first-order chi connectivity index (χ1) is 12.4. The monoisotopic (exact) mass is 381 g/mol. The summed E-state index contributed by atoms with van der Waals surface area (Å²) in [6.45, 7) is -0.495. The maximum Gasteiger partial charge on any atom is 0.310 e. The van der Waals surface area contributed by atoms with Crippen molar-refractivity contribution in [3.63, 3.8) is 0 Å². The van der Waals surface area contributed by atoms with Crippen molar-refractivity contribution in [3.05, 3.63) is 52.8 Å². The maximum absolute atomic E-state index is 13.0. The van der Waals surface area contributed by atoms with Gasteiger partial charge in [0.05, 0.1) is 31.4 Å². The maximum atomic E-state index is 13.0. The van der Waals surface area contributed by atoms with E-state index >= 15 is 0 Å². The van der Waals surface area contributed by atoms with E-state index in [1.807, 2.05) is 0 Å². The Morgan fingerprint density at radius 3 is 2.54 bits per heavy atom. The molecule has 0 radical (unpaired) electrons. The van der Waals surface area contributed by atoms with Crippen LogP contribution in [0.3, 0.4) is 0 Å². The fourth-order valence-corrected chi connectivity index (χ4v) is 2.34. The third-order valence-corrected chi connectivity index (χ3v) is 3.71. The van der Waals surface area contributed by atoms with Crippen LogP contribution in [0.5, 0.6) is 11.5 Å². The summed E-state index contributed by atoms with van der Waals surface area (Å²) >= 11 is 5.82. The third kappa shape index (κ3) is 5.35. The standard InChI is InChI=1S/C18H17ClFNO5/c1-24-13-5-3-11(16(9-13)25-2)7-18(23)26-10-17(22)21-15-6-4-12(20)8-14(15)19/h3-6,8-9H,7,10H2,1-2H3,(H,21,22). The van der Waals surface area contributed by atoms with Crippen molar-refractivity contribution >= 4 is 29.2 Å². The van der Waals surface area contributed by atoms with E-state index in [2.05, 4.69) is 5.32 Å². The predicted molar refractivity (Wildman–Crippen MR) is 94.2 cm³/mol. The molecule has 2 aromatic carbocycles. The number of hydrogen-bond acceptors (Lipinski definition) is 5. The first-order valence-electron chi connectivity index (χ1n) is 7.54. The van der Waals surface area contributed by atoms with Gasteiger partial charge in [0.15, 0.2) is 6.61 Å². The van der Waals surface area contributed by atoms with Gasteiger partial charge >= 0.3 is 5.97 Å². The fraction of sp³-hybridized carbons (Fsp3) is 0.222. The molecule has 1 amide bonds. The van der Waals surface area contributed by atoms with Gasteiger partial charge in [-0.25, -0.2) is 4.39 Å². The molecule has 8 heteroatoms. The number of rotatable bonds is 7. The Bertz CT molecular complexity index is 812. The van der Waals surface area contributed by atoms with Crippen molar-refractivity contribution in [2.75, 3.05) is 26.1 Å². The molecule has 0 atom stereocenters. The second-order valence-electron chi connectivity index (χ2n) is 5.19. The topological polar surface area (TPSA) is 73.9 Å². The Hall–Kier alpha value is -2.80. The molecule has 2 rings (SSSR count). The Morgan fingerprint density at radius 1 is 1.12 bits per heavy atom. The summed E-state index contributed by atoms with van der Waals surface area (Å²) in [5.74, 6) is -0.645. The summed E-state index contributed by atoms with van der Waals surface area (Å²) in [7, 11) is 3.00. The molecule has 6 nitrogen and oxygen atoms in total. The first-order valence-corrected chi connectivity index (χ1v) is 7.92. The van der Waals surface area contributed by atoms with Crippen LogP contribution in [-0.2, 0) is 20.7 Å². The van der Waals surface area contributed by atoms with Gasteiger partial charge in [0, 0.05) is 11.6 Å². The van der Waals surface area contributed by atoms with Crippen LogP contribution < -0.4 is 14.8 Å². The van der Waals surface area contributed by atoms with E-state index in [0.29, 0.717) is 17.1 Å². The van der Waals surface area contributed by atoms with E-state index in [1.165, 1.54) is 20.3 Å². The highest BCUT2D eigenvalue weighted by molar-refractivity contribution is 6.33. The number of benzene rings is 2. The van der Waals surface area contributed by atoms with E-state index in [4.69, 9.17) is 25.8 Å². The van der Waals surface area contributed by atoms with Crippen LogP contribution in [-0.4, -0.2) is 32.7 Å². The smallest absolute Gasteiger partial charge is 0.310 e. The molecule has 0 saturated carbocycles. The number of ether oxygens (including phenoxy) is 3. The van der Waals surface area contributed by atoms with Gasteiger partial charge in [-0.15, -0.1) is 0 Å². The first kappa shape index (κ1) is 19.5. The highest BCUT2D eigenvalue weighted by Gasteiger charge is 2.13. The summed E-state index contributed by atoms with van der Waals surface area (Å²) in [5, 5.41) is 2.49. The molecule has 26 heavy (non-hydrogen) atoms. The van der Waals surface area contributed by atoms with Gasteiger partial charge < -0.3 is 19.5 Å². The highest BCUT2D eigenvalue weighted by atomic mass is 35.5. The zero-order valence-corrected chi connectivity index (χ0v) is 14.9. The van der Waals surface area contributed by atoms with Gasteiger partial charge in [-0.2, -0.15) is 0 Å². The van der Waals surface area contributed by atoms with Gasteiger partial charge in [-0.3, -0.25) is 9.59 Å². The molecule has 0 aliphatic rings. The Labute approximate surface area is 154 Å². The highest BCUT2D eigenvalue weighted by Crippen LogP contribution is 2.25. The van der Waals surface area contributed by atoms with Crippen LogP contribution in [0, 0.1) is 5.82 Å². The zero-order valence-electron chi connectivity index (χ0n) is 14.2. The number of amides is 1. The summed E-state index contributed by atoms with van der Waals surface area (Å²) in [4.78, 5) is 23.8. The molecule has 0 spiro atoms. The molecule has 0 fully saturated rings. The Balaban J connectivity index is 1.89. The summed E-state index contributed by atoms with van der Waals surface area (Å²) in [5.41, 5.74) is 0.825. The predicted octanol–water partition coefficient (Wildman–Crippen LogP) is 3.22. The fourth-order valence-electron chi connectivity index (χ4n) is 2.13. The van der Waals surface area contributed by atoms with Crippen LogP contribution in [0.2, 0.25) is 5.02 Å². The molecule has 0 unspecified atom stereocenters. The average Bonchev–Trinajstić information content (AvgIpc) is 2.62. The summed E-state index contributed by atoms with van der Waals surface area (Å²) in [6, 6.07) is 8.56. The number of esters is 1. The number of carbonyl (C=O) groups excluding carboxylic acids is 2. The van der Waals surface area contributed by atoms with Crippen LogP contribution in [0.1, 0.15) is 5.56 Å². The molecule has 0 aliphatic heterocycles. The molecule has 2 aromatic rings. The molecule has 0 saturated heterocycles. The number of carbonyl (C=O) groups is 2. The number of anilines is 1. The van der Waals surface area contributed by atoms with E-state index in [1.54, 1.807) is 18.2 Å². The molecule has 0 aromatic heterocycles. The van der Waals surface area contributed by atoms with Crippen LogP contribution >= 0.6 is 11.6 Å². The van der Waals surface area contributed by atoms with E-state index < -0.39 is 24.3 Å². The Kier molecular flexibility index (Phi) is 6.80. The van der Waals surface area contributed by atoms with Crippen molar-refractivity contribution in [2.24, 2.45) is 0 Å². The molecule has 138 valence electrons. The Morgan fingerprint density at radius 2 is 1.88 bits per heavy atom. The molecule has 0 heterocycles. The quantitative estimate of drug-likeness (QED) is 0.745. The van der Waals surface area contributed by atoms with E-state index in [-0.39, 0.29) is 17.1 Å². The second kappa shape index (κ2) is 9.05. The lowest BCUT2D eigenvalue weighted by molar-refractivity contribution is -0.146. The molecule has 0 bridgehead atoms. The minimum Gasteiger partial charge on any atom is -0.497 e. The van der Waals surface area contributed by atoms with Gasteiger partial charge in [0.1, 0.15) is 17.3 Å². The lowest BCUT2D eigenvalue weighted by Crippen LogP contribution is -2.22.